The zero-order valence-electron chi connectivity index (χ0n) is 6.84. The molecule has 0 atom stereocenters. The molecule has 0 heterocycles. The van der Waals surface area contributed by atoms with Crippen LogP contribution >= 0.6 is 11.6 Å². The van der Waals surface area contributed by atoms with E-state index >= 15 is 0 Å². The molecule has 0 aromatic heterocycles. The molecule has 1 aromatic carbocycles. The summed E-state index contributed by atoms with van der Waals surface area (Å²) in [5, 5.41) is 18.7. The lowest BCUT2D eigenvalue weighted by atomic mass is 10.1. The van der Waals surface area contributed by atoms with Gasteiger partial charge >= 0.3 is 0 Å². The lowest BCUT2D eigenvalue weighted by molar-refractivity contribution is 0.297. The van der Waals surface area contributed by atoms with Gasteiger partial charge in [-0.1, -0.05) is 11.6 Å². The number of aliphatic hydroxyl groups excluding tert-OH is 1. The first-order valence-corrected chi connectivity index (χ1v) is 4.12. The maximum atomic E-state index is 9.48. The summed E-state index contributed by atoms with van der Waals surface area (Å²) < 4.78 is 0. The van der Waals surface area contributed by atoms with Crippen LogP contribution in [-0.2, 0) is 6.42 Å². The number of aryl methyl sites for hydroxylation is 1. The van der Waals surface area contributed by atoms with Crippen molar-refractivity contribution in [2.45, 2.75) is 13.3 Å². The number of phenolic OH excluding ortho intramolecular Hbond substituents is 1. The molecular formula is C9H11ClO2. The van der Waals surface area contributed by atoms with Crippen LogP contribution in [0.15, 0.2) is 12.1 Å². The molecule has 0 amide bonds. The summed E-state index contributed by atoms with van der Waals surface area (Å²) in [5.74, 6) is 0.230. The van der Waals surface area contributed by atoms with Gasteiger partial charge in [-0.3, -0.25) is 0 Å². The second-order valence-corrected chi connectivity index (χ2v) is 3.14. The third-order valence-electron chi connectivity index (χ3n) is 1.73. The molecule has 0 unspecified atom stereocenters. The molecule has 0 fully saturated rings. The van der Waals surface area contributed by atoms with Crippen molar-refractivity contribution < 1.29 is 10.2 Å². The van der Waals surface area contributed by atoms with E-state index in [1.165, 1.54) is 0 Å². The number of rotatable bonds is 2. The molecular weight excluding hydrogens is 176 g/mol. The highest BCUT2D eigenvalue weighted by atomic mass is 35.5. The first-order chi connectivity index (χ1) is 5.65. The molecule has 0 spiro atoms. The first-order valence-electron chi connectivity index (χ1n) is 3.74. The van der Waals surface area contributed by atoms with Crippen LogP contribution in [0.1, 0.15) is 11.1 Å². The molecule has 2 N–H and O–H groups in total. The predicted molar refractivity (Wildman–Crippen MR) is 48.6 cm³/mol. The van der Waals surface area contributed by atoms with Crippen LogP contribution in [0, 0.1) is 6.92 Å². The summed E-state index contributed by atoms with van der Waals surface area (Å²) in [4.78, 5) is 0. The molecule has 66 valence electrons. The summed E-state index contributed by atoms with van der Waals surface area (Å²) in [7, 11) is 0. The number of phenols is 1. The van der Waals surface area contributed by atoms with Gasteiger partial charge in [0.1, 0.15) is 5.75 Å². The Hall–Kier alpha value is -0.730. The molecule has 0 bridgehead atoms. The average molecular weight is 187 g/mol. The van der Waals surface area contributed by atoms with E-state index in [-0.39, 0.29) is 12.4 Å². The van der Waals surface area contributed by atoms with Gasteiger partial charge in [0.25, 0.3) is 0 Å². The summed E-state index contributed by atoms with van der Waals surface area (Å²) in [6.07, 6.45) is 0.438. The zero-order chi connectivity index (χ0) is 9.14. The third-order valence-corrected chi connectivity index (χ3v) is 1.94. The fourth-order valence-corrected chi connectivity index (χ4v) is 1.41. The molecule has 1 aromatic rings. The van der Waals surface area contributed by atoms with E-state index in [0.717, 1.165) is 5.56 Å². The average Bonchev–Trinajstić information content (AvgIpc) is 2.00. The Balaban J connectivity index is 3.09. The topological polar surface area (TPSA) is 40.5 Å². The van der Waals surface area contributed by atoms with E-state index < -0.39 is 0 Å². The van der Waals surface area contributed by atoms with E-state index in [4.69, 9.17) is 16.7 Å². The minimum Gasteiger partial charge on any atom is -0.507 e. The van der Waals surface area contributed by atoms with Gasteiger partial charge in [-0.2, -0.15) is 0 Å². The number of benzene rings is 1. The maximum Gasteiger partial charge on any atom is 0.121 e. The molecule has 0 saturated carbocycles. The summed E-state index contributed by atoms with van der Waals surface area (Å²) in [6, 6.07) is 3.36. The van der Waals surface area contributed by atoms with Crippen molar-refractivity contribution in [3.63, 3.8) is 0 Å². The van der Waals surface area contributed by atoms with Gasteiger partial charge in [0.2, 0.25) is 0 Å². The molecule has 0 aliphatic heterocycles. The number of aliphatic hydroxyl groups is 1. The van der Waals surface area contributed by atoms with Crippen molar-refractivity contribution in [1.82, 2.24) is 0 Å². The number of hydrogen-bond acceptors (Lipinski definition) is 2. The summed E-state index contributed by atoms with van der Waals surface area (Å²) in [5.41, 5.74) is 1.44. The normalized spacial score (nSPS) is 10.2. The Morgan fingerprint density at radius 1 is 1.42 bits per heavy atom. The molecule has 3 heteroatoms. The SMILES string of the molecule is Cc1cc(Cl)cc(CCO)c1O. The second kappa shape index (κ2) is 3.78. The Kier molecular flexibility index (Phi) is 2.95. The lowest BCUT2D eigenvalue weighted by Crippen LogP contribution is -1.92. The van der Waals surface area contributed by atoms with Crippen LogP contribution in [0.2, 0.25) is 5.02 Å². The van der Waals surface area contributed by atoms with Crippen LogP contribution in [0.5, 0.6) is 5.75 Å². The van der Waals surface area contributed by atoms with Crippen molar-refractivity contribution in [2.75, 3.05) is 6.61 Å². The van der Waals surface area contributed by atoms with Crippen molar-refractivity contribution in [2.24, 2.45) is 0 Å². The molecule has 12 heavy (non-hydrogen) atoms. The van der Waals surface area contributed by atoms with Gasteiger partial charge in [-0.05, 0) is 36.6 Å². The lowest BCUT2D eigenvalue weighted by Gasteiger charge is -2.06. The fourth-order valence-electron chi connectivity index (χ4n) is 1.12. The van der Waals surface area contributed by atoms with Gasteiger partial charge in [0, 0.05) is 11.6 Å². The standard InChI is InChI=1S/C9H11ClO2/c1-6-4-8(10)5-7(2-3-11)9(6)12/h4-5,11-12H,2-3H2,1H3. The van der Waals surface area contributed by atoms with E-state index in [1.54, 1.807) is 19.1 Å². The zero-order valence-corrected chi connectivity index (χ0v) is 7.60. The Morgan fingerprint density at radius 3 is 2.67 bits per heavy atom. The largest absolute Gasteiger partial charge is 0.507 e. The quantitative estimate of drug-likeness (QED) is 0.741. The smallest absolute Gasteiger partial charge is 0.121 e. The molecule has 0 aliphatic carbocycles. The highest BCUT2D eigenvalue weighted by Crippen LogP contribution is 2.26. The Morgan fingerprint density at radius 2 is 2.08 bits per heavy atom. The molecule has 1 rings (SSSR count). The summed E-state index contributed by atoms with van der Waals surface area (Å²) >= 11 is 5.77. The molecule has 0 radical (unpaired) electrons. The van der Waals surface area contributed by atoms with Crippen molar-refractivity contribution >= 4 is 11.6 Å². The second-order valence-electron chi connectivity index (χ2n) is 2.70. The van der Waals surface area contributed by atoms with Crippen molar-refractivity contribution in [3.8, 4) is 5.75 Å². The van der Waals surface area contributed by atoms with Gasteiger partial charge in [0.05, 0.1) is 0 Å². The van der Waals surface area contributed by atoms with Gasteiger partial charge in [-0.25, -0.2) is 0 Å². The third kappa shape index (κ3) is 1.90. The van der Waals surface area contributed by atoms with E-state index in [1.807, 2.05) is 0 Å². The minimum absolute atomic E-state index is 0.0212. The van der Waals surface area contributed by atoms with Crippen LogP contribution < -0.4 is 0 Å². The molecule has 0 saturated heterocycles. The Labute approximate surface area is 76.4 Å². The predicted octanol–water partition coefficient (Wildman–Crippen LogP) is 1.89. The molecule has 2 nitrogen and oxygen atoms in total. The Bertz CT molecular complexity index is 284. The number of halogens is 1. The minimum atomic E-state index is 0.0212. The van der Waals surface area contributed by atoms with E-state index in [0.29, 0.717) is 17.0 Å². The number of aromatic hydroxyl groups is 1. The monoisotopic (exact) mass is 186 g/mol. The fraction of sp³-hybridized carbons (Fsp3) is 0.333. The molecule has 0 aliphatic rings. The van der Waals surface area contributed by atoms with Gasteiger partial charge < -0.3 is 10.2 Å². The maximum absolute atomic E-state index is 9.48. The van der Waals surface area contributed by atoms with Crippen LogP contribution in [0.25, 0.3) is 0 Å². The highest BCUT2D eigenvalue weighted by Gasteiger charge is 2.04. The van der Waals surface area contributed by atoms with Crippen LogP contribution in [0.3, 0.4) is 0 Å². The van der Waals surface area contributed by atoms with E-state index in [9.17, 15) is 5.11 Å². The van der Waals surface area contributed by atoms with Gasteiger partial charge in [-0.15, -0.1) is 0 Å². The highest BCUT2D eigenvalue weighted by molar-refractivity contribution is 6.30. The van der Waals surface area contributed by atoms with Crippen LogP contribution in [-0.4, -0.2) is 16.8 Å². The van der Waals surface area contributed by atoms with Gasteiger partial charge in [0.15, 0.2) is 0 Å². The van der Waals surface area contributed by atoms with Crippen LogP contribution in [0.4, 0.5) is 0 Å². The van der Waals surface area contributed by atoms with Crippen molar-refractivity contribution in [3.05, 3.63) is 28.3 Å². The van der Waals surface area contributed by atoms with E-state index in [2.05, 4.69) is 0 Å². The first kappa shape index (κ1) is 9.36. The van der Waals surface area contributed by atoms with Crippen molar-refractivity contribution in [1.29, 1.82) is 0 Å². The number of hydrogen-bond donors (Lipinski definition) is 2. The summed E-state index contributed by atoms with van der Waals surface area (Å²) in [6.45, 7) is 1.80.